The van der Waals surface area contributed by atoms with Gasteiger partial charge in [0.15, 0.2) is 0 Å². The van der Waals surface area contributed by atoms with Crippen LogP contribution in [-0.2, 0) is 10.8 Å². The predicted molar refractivity (Wildman–Crippen MR) is 83.9 cm³/mol. The fourth-order valence-corrected chi connectivity index (χ4v) is 2.63. The standard InChI is InChI=1S/C13H20ClN3O2S/c1-4-5-15-12-6-10(11(14)7-16-12)13(18)17-9(2)8-20(3)19/h6-7,9H,4-5,8H2,1-3H3,(H,15,16)(H,17,18). The van der Waals surface area contributed by atoms with Gasteiger partial charge in [0.1, 0.15) is 5.82 Å². The summed E-state index contributed by atoms with van der Waals surface area (Å²) >= 11 is 6.00. The molecule has 5 nitrogen and oxygen atoms in total. The number of carbonyl (C=O) groups excluding carboxylic acids is 1. The molecule has 2 atom stereocenters. The van der Waals surface area contributed by atoms with Crippen molar-refractivity contribution in [2.75, 3.05) is 23.9 Å². The van der Waals surface area contributed by atoms with Gasteiger partial charge in [-0.2, -0.15) is 0 Å². The highest BCUT2D eigenvalue weighted by atomic mass is 35.5. The molecular weight excluding hydrogens is 298 g/mol. The van der Waals surface area contributed by atoms with Crippen molar-refractivity contribution in [1.29, 1.82) is 0 Å². The maximum Gasteiger partial charge on any atom is 0.253 e. The topological polar surface area (TPSA) is 71.1 Å². The normalized spacial score (nSPS) is 13.6. The number of pyridine rings is 1. The first-order chi connectivity index (χ1) is 9.43. The van der Waals surface area contributed by atoms with Gasteiger partial charge in [0, 0.05) is 41.6 Å². The van der Waals surface area contributed by atoms with Crippen LogP contribution in [0.4, 0.5) is 5.82 Å². The number of nitrogens with one attached hydrogen (secondary N) is 2. The van der Waals surface area contributed by atoms with Gasteiger partial charge in [-0.1, -0.05) is 18.5 Å². The van der Waals surface area contributed by atoms with E-state index in [-0.39, 0.29) is 11.9 Å². The van der Waals surface area contributed by atoms with E-state index in [0.29, 0.717) is 22.2 Å². The number of hydrogen-bond acceptors (Lipinski definition) is 4. The number of halogens is 1. The Morgan fingerprint density at radius 3 is 2.85 bits per heavy atom. The summed E-state index contributed by atoms with van der Waals surface area (Å²) in [6.07, 6.45) is 4.02. The predicted octanol–water partition coefficient (Wildman–Crippen LogP) is 2.05. The molecule has 20 heavy (non-hydrogen) atoms. The van der Waals surface area contributed by atoms with E-state index in [0.717, 1.165) is 13.0 Å². The fraction of sp³-hybridized carbons (Fsp3) is 0.538. The molecule has 0 aliphatic heterocycles. The largest absolute Gasteiger partial charge is 0.370 e. The van der Waals surface area contributed by atoms with E-state index in [4.69, 9.17) is 11.6 Å². The van der Waals surface area contributed by atoms with Gasteiger partial charge in [-0.05, 0) is 19.4 Å². The summed E-state index contributed by atoms with van der Waals surface area (Å²) in [6.45, 7) is 4.63. The zero-order chi connectivity index (χ0) is 15.1. The number of hydrogen-bond donors (Lipinski definition) is 2. The molecule has 0 radical (unpaired) electrons. The van der Waals surface area contributed by atoms with Gasteiger partial charge >= 0.3 is 0 Å². The molecule has 0 bridgehead atoms. The van der Waals surface area contributed by atoms with E-state index in [1.54, 1.807) is 12.3 Å². The summed E-state index contributed by atoms with van der Waals surface area (Å²) in [5.41, 5.74) is 0.369. The Hall–Kier alpha value is -1.14. The van der Waals surface area contributed by atoms with Crippen LogP contribution in [0, 0.1) is 0 Å². The van der Waals surface area contributed by atoms with E-state index in [1.807, 2.05) is 13.8 Å². The molecule has 1 amide bonds. The lowest BCUT2D eigenvalue weighted by atomic mass is 10.2. The van der Waals surface area contributed by atoms with E-state index >= 15 is 0 Å². The Morgan fingerprint density at radius 1 is 1.55 bits per heavy atom. The van der Waals surface area contributed by atoms with Crippen molar-refractivity contribution in [3.8, 4) is 0 Å². The second kappa shape index (κ2) is 8.21. The molecule has 0 spiro atoms. The number of carbonyl (C=O) groups is 1. The highest BCUT2D eigenvalue weighted by molar-refractivity contribution is 7.84. The average Bonchev–Trinajstić information content (AvgIpc) is 2.36. The SMILES string of the molecule is CCCNc1cc(C(=O)NC(C)CS(C)=O)c(Cl)cn1. The molecule has 2 N–H and O–H groups in total. The van der Waals surface area contributed by atoms with Gasteiger partial charge in [0.25, 0.3) is 5.91 Å². The van der Waals surface area contributed by atoms with Crippen LogP contribution in [0.25, 0.3) is 0 Å². The van der Waals surface area contributed by atoms with E-state index < -0.39 is 10.8 Å². The number of rotatable bonds is 7. The molecule has 1 aromatic rings. The number of amides is 1. The summed E-state index contributed by atoms with van der Waals surface area (Å²) in [7, 11) is -0.955. The molecule has 1 heterocycles. The third-order valence-corrected chi connectivity index (χ3v) is 3.79. The van der Waals surface area contributed by atoms with Crippen molar-refractivity contribution in [2.45, 2.75) is 26.3 Å². The molecule has 0 saturated heterocycles. The second-order valence-corrected chi connectivity index (χ2v) is 6.48. The van der Waals surface area contributed by atoms with Crippen molar-refractivity contribution in [3.05, 3.63) is 22.8 Å². The molecule has 7 heteroatoms. The Kier molecular flexibility index (Phi) is 6.95. The van der Waals surface area contributed by atoms with E-state index in [9.17, 15) is 9.00 Å². The summed E-state index contributed by atoms with van der Waals surface area (Å²) < 4.78 is 11.1. The zero-order valence-electron chi connectivity index (χ0n) is 11.9. The van der Waals surface area contributed by atoms with E-state index in [2.05, 4.69) is 15.6 Å². The first-order valence-electron chi connectivity index (χ1n) is 6.44. The van der Waals surface area contributed by atoms with Gasteiger partial charge in [-0.25, -0.2) is 4.98 Å². The summed E-state index contributed by atoms with van der Waals surface area (Å²) in [5, 5.41) is 6.18. The fourth-order valence-electron chi connectivity index (χ4n) is 1.66. The van der Waals surface area contributed by atoms with E-state index in [1.165, 1.54) is 6.20 Å². The van der Waals surface area contributed by atoms with Crippen molar-refractivity contribution < 1.29 is 9.00 Å². The van der Waals surface area contributed by atoms with Gasteiger partial charge in [0.2, 0.25) is 0 Å². The maximum absolute atomic E-state index is 12.1. The smallest absolute Gasteiger partial charge is 0.253 e. The minimum Gasteiger partial charge on any atom is -0.370 e. The van der Waals surface area contributed by atoms with Crippen LogP contribution >= 0.6 is 11.6 Å². The van der Waals surface area contributed by atoms with Gasteiger partial charge < -0.3 is 10.6 Å². The molecule has 112 valence electrons. The molecular formula is C13H20ClN3O2S. The first-order valence-corrected chi connectivity index (χ1v) is 8.54. The minimum atomic E-state index is -0.955. The lowest BCUT2D eigenvalue weighted by molar-refractivity contribution is 0.0944. The average molecular weight is 318 g/mol. The van der Waals surface area contributed by atoms with Crippen LogP contribution in [0.15, 0.2) is 12.3 Å². The highest BCUT2D eigenvalue weighted by Crippen LogP contribution is 2.18. The van der Waals surface area contributed by atoms with Crippen molar-refractivity contribution in [3.63, 3.8) is 0 Å². The molecule has 0 aliphatic rings. The summed E-state index contributed by atoms with van der Waals surface area (Å²) in [6, 6.07) is 1.45. The Balaban J connectivity index is 2.78. The van der Waals surface area contributed by atoms with Gasteiger partial charge in [-0.3, -0.25) is 9.00 Å². The number of aromatic nitrogens is 1. The highest BCUT2D eigenvalue weighted by Gasteiger charge is 2.15. The first kappa shape index (κ1) is 16.9. The molecule has 2 unspecified atom stereocenters. The van der Waals surface area contributed by atoms with Crippen LogP contribution in [-0.4, -0.2) is 39.7 Å². The lowest BCUT2D eigenvalue weighted by Crippen LogP contribution is -2.36. The molecule has 0 fully saturated rings. The lowest BCUT2D eigenvalue weighted by Gasteiger charge is -2.14. The third kappa shape index (κ3) is 5.46. The molecule has 0 aromatic carbocycles. The van der Waals surface area contributed by atoms with Crippen molar-refractivity contribution in [1.82, 2.24) is 10.3 Å². The Labute approximate surface area is 127 Å². The molecule has 1 aromatic heterocycles. The van der Waals surface area contributed by atoms with Gasteiger partial charge in [0.05, 0.1) is 10.6 Å². The molecule has 0 aliphatic carbocycles. The monoisotopic (exact) mass is 317 g/mol. The van der Waals surface area contributed by atoms with Gasteiger partial charge in [-0.15, -0.1) is 0 Å². The van der Waals surface area contributed by atoms with Crippen LogP contribution in [0.5, 0.6) is 0 Å². The number of anilines is 1. The number of nitrogens with zero attached hydrogens (tertiary/aromatic N) is 1. The zero-order valence-corrected chi connectivity index (χ0v) is 13.5. The summed E-state index contributed by atoms with van der Waals surface area (Å²) in [4.78, 5) is 16.2. The minimum absolute atomic E-state index is 0.176. The van der Waals surface area contributed by atoms with Crippen molar-refractivity contribution in [2.24, 2.45) is 0 Å². The Morgan fingerprint density at radius 2 is 2.25 bits per heavy atom. The quantitative estimate of drug-likeness (QED) is 0.807. The van der Waals surface area contributed by atoms with Crippen LogP contribution < -0.4 is 10.6 Å². The maximum atomic E-state index is 12.1. The van der Waals surface area contributed by atoms with Crippen LogP contribution in [0.3, 0.4) is 0 Å². The van der Waals surface area contributed by atoms with Crippen molar-refractivity contribution >= 4 is 34.1 Å². The second-order valence-electron chi connectivity index (χ2n) is 4.59. The molecule has 1 rings (SSSR count). The van der Waals surface area contributed by atoms with Crippen LogP contribution in [0.2, 0.25) is 5.02 Å². The van der Waals surface area contributed by atoms with Crippen LogP contribution in [0.1, 0.15) is 30.6 Å². The third-order valence-electron chi connectivity index (χ3n) is 2.52. The Bertz CT molecular complexity index is 497. The molecule has 0 saturated carbocycles. The summed E-state index contributed by atoms with van der Waals surface area (Å²) in [5.74, 6) is 0.748.